The van der Waals surface area contributed by atoms with Crippen LogP contribution >= 0.6 is 8.60 Å². The van der Waals surface area contributed by atoms with E-state index in [0.717, 1.165) is 17.9 Å². The monoisotopic (exact) mass is 410 g/mol. The van der Waals surface area contributed by atoms with Crippen LogP contribution in [0.5, 0.6) is 0 Å². The van der Waals surface area contributed by atoms with E-state index < -0.39 is 8.60 Å². The summed E-state index contributed by atoms with van der Waals surface area (Å²) in [4.78, 5) is 19.4. The minimum Gasteiger partial charge on any atom is -0.328 e. The molecule has 0 fully saturated rings. The van der Waals surface area contributed by atoms with Gasteiger partial charge in [0, 0.05) is 0 Å². The summed E-state index contributed by atoms with van der Waals surface area (Å²) in [5, 5.41) is 0. The van der Waals surface area contributed by atoms with Gasteiger partial charge in [-0.1, -0.05) is 98.6 Å². The molecular weight excluding hydrogens is 367 g/mol. The molecule has 0 saturated carbocycles. The second-order valence-electron chi connectivity index (χ2n) is 10.8. The first-order valence-electron chi connectivity index (χ1n) is 10.7. The van der Waals surface area contributed by atoms with Gasteiger partial charge in [-0.2, -0.15) is 0 Å². The van der Waals surface area contributed by atoms with Crippen molar-refractivity contribution in [1.82, 2.24) is 0 Å². The van der Waals surface area contributed by atoms with Crippen molar-refractivity contribution in [3.63, 3.8) is 0 Å². The van der Waals surface area contributed by atoms with Crippen LogP contribution in [0.15, 0.2) is 30.3 Å². The van der Waals surface area contributed by atoms with Gasteiger partial charge < -0.3 is 14.3 Å². The third-order valence-corrected chi connectivity index (χ3v) is 6.33. The highest BCUT2D eigenvalue weighted by atomic mass is 31.2. The first-order valence-corrected chi connectivity index (χ1v) is 11.9. The number of benzene rings is 1. The molecular formula is C24H43O3P. The molecule has 0 aliphatic rings. The average Bonchev–Trinajstić information content (AvgIpc) is 2.54. The first-order chi connectivity index (χ1) is 12.8. The lowest BCUT2D eigenvalue weighted by Crippen LogP contribution is -2.33. The largest absolute Gasteiger partial charge is 0.328 e. The molecule has 1 aromatic rings. The van der Waals surface area contributed by atoms with Gasteiger partial charge in [0.2, 0.25) is 0 Å². The first kappa shape index (κ1) is 25.6. The van der Waals surface area contributed by atoms with E-state index in [2.05, 4.69) is 55.4 Å². The van der Waals surface area contributed by atoms with Crippen LogP contribution in [-0.2, 0) is 4.52 Å². The van der Waals surface area contributed by atoms with Crippen LogP contribution < -0.4 is 0 Å². The normalized spacial score (nSPS) is 16.4. The molecule has 0 spiro atoms. The molecule has 0 heterocycles. The van der Waals surface area contributed by atoms with E-state index in [0.29, 0.717) is 5.92 Å². The quantitative estimate of drug-likeness (QED) is 0.393. The molecule has 28 heavy (non-hydrogen) atoms. The zero-order chi connectivity index (χ0) is 21.5. The van der Waals surface area contributed by atoms with E-state index >= 15 is 0 Å². The molecule has 2 N–H and O–H groups in total. The highest BCUT2D eigenvalue weighted by molar-refractivity contribution is 7.39. The molecule has 1 aromatic carbocycles. The molecule has 3 nitrogen and oxygen atoms in total. The Kier molecular flexibility index (Phi) is 10.1. The topological polar surface area (TPSA) is 49.7 Å². The molecule has 0 aromatic heterocycles. The zero-order valence-electron chi connectivity index (χ0n) is 19.3. The van der Waals surface area contributed by atoms with E-state index in [1.807, 2.05) is 30.3 Å². The Bertz CT molecular complexity index is 543. The predicted molar refractivity (Wildman–Crippen MR) is 121 cm³/mol. The van der Waals surface area contributed by atoms with Gasteiger partial charge in [0.25, 0.3) is 0 Å². The fraction of sp³-hybridized carbons (Fsp3) is 0.750. The SMILES string of the molecule is CC(C)CCCC(CC(C(OP(O)O)c1ccccc1)C(C)(C)C)C(C)(C)C. The van der Waals surface area contributed by atoms with E-state index in [-0.39, 0.29) is 22.9 Å². The molecule has 0 aliphatic carbocycles. The van der Waals surface area contributed by atoms with Gasteiger partial charge in [-0.05, 0) is 47.0 Å². The summed E-state index contributed by atoms with van der Waals surface area (Å²) in [5.41, 5.74) is 1.20. The summed E-state index contributed by atoms with van der Waals surface area (Å²) in [6.45, 7) is 18.3. The molecule has 0 saturated heterocycles. The fourth-order valence-corrected chi connectivity index (χ4v) is 4.50. The Morgan fingerprint density at radius 2 is 1.46 bits per heavy atom. The van der Waals surface area contributed by atoms with E-state index in [4.69, 9.17) is 4.52 Å². The van der Waals surface area contributed by atoms with E-state index in [9.17, 15) is 9.79 Å². The van der Waals surface area contributed by atoms with Gasteiger partial charge in [0.05, 0.1) is 6.10 Å². The number of rotatable bonds is 10. The standard InChI is InChI=1S/C24H43O3P/c1-18(2)13-12-16-20(23(3,4)5)17-21(24(6,7)8)22(27-28(25)26)19-14-10-9-11-15-19/h9-11,14-15,18,20-22,25-26H,12-13,16-17H2,1-8H3. The third-order valence-electron chi connectivity index (χ3n) is 5.91. The van der Waals surface area contributed by atoms with Crippen molar-refractivity contribution in [3.05, 3.63) is 35.9 Å². The van der Waals surface area contributed by atoms with Crippen molar-refractivity contribution in [2.45, 2.75) is 87.2 Å². The lowest BCUT2D eigenvalue weighted by molar-refractivity contribution is 0.0182. The molecule has 3 atom stereocenters. The average molecular weight is 411 g/mol. The second kappa shape index (κ2) is 11.1. The maximum Gasteiger partial charge on any atom is 0.327 e. The summed E-state index contributed by atoms with van der Waals surface area (Å²) in [5.74, 6) is 1.46. The number of hydrogen-bond acceptors (Lipinski definition) is 3. The second-order valence-corrected chi connectivity index (χ2v) is 11.5. The summed E-state index contributed by atoms with van der Waals surface area (Å²) < 4.78 is 5.76. The summed E-state index contributed by atoms with van der Waals surface area (Å²) in [6.07, 6.45) is 4.37. The minimum absolute atomic E-state index is 0.0204. The van der Waals surface area contributed by atoms with Gasteiger partial charge >= 0.3 is 8.60 Å². The minimum atomic E-state index is -2.42. The maximum absolute atomic E-state index is 9.69. The third kappa shape index (κ3) is 8.91. The van der Waals surface area contributed by atoms with Crippen LogP contribution in [0, 0.1) is 28.6 Å². The van der Waals surface area contributed by atoms with Crippen molar-refractivity contribution >= 4 is 8.60 Å². The van der Waals surface area contributed by atoms with Gasteiger partial charge in [-0.25, -0.2) is 0 Å². The Balaban J connectivity index is 3.17. The number of hydrogen-bond donors (Lipinski definition) is 2. The molecule has 0 amide bonds. The van der Waals surface area contributed by atoms with Crippen molar-refractivity contribution < 1.29 is 14.3 Å². The predicted octanol–water partition coefficient (Wildman–Crippen LogP) is 7.50. The molecule has 4 heteroatoms. The van der Waals surface area contributed by atoms with E-state index in [1.54, 1.807) is 0 Å². The summed E-state index contributed by atoms with van der Waals surface area (Å²) >= 11 is 0. The van der Waals surface area contributed by atoms with Crippen LogP contribution in [-0.4, -0.2) is 9.79 Å². The molecule has 0 bridgehead atoms. The Hall–Kier alpha value is -0.470. The molecule has 162 valence electrons. The van der Waals surface area contributed by atoms with Crippen LogP contribution in [0.2, 0.25) is 0 Å². The van der Waals surface area contributed by atoms with Crippen LogP contribution in [0.3, 0.4) is 0 Å². The molecule has 0 aliphatic heterocycles. The molecule has 0 radical (unpaired) electrons. The maximum atomic E-state index is 9.69. The van der Waals surface area contributed by atoms with Crippen molar-refractivity contribution in [3.8, 4) is 0 Å². The lowest BCUT2D eigenvalue weighted by Gasteiger charge is -2.42. The van der Waals surface area contributed by atoms with Gasteiger partial charge in [-0.15, -0.1) is 0 Å². The van der Waals surface area contributed by atoms with Gasteiger partial charge in [0.15, 0.2) is 0 Å². The highest BCUT2D eigenvalue weighted by Gasteiger charge is 2.39. The van der Waals surface area contributed by atoms with Crippen LogP contribution in [0.1, 0.15) is 92.7 Å². The molecule has 1 rings (SSSR count). The Morgan fingerprint density at radius 3 is 1.89 bits per heavy atom. The smallest absolute Gasteiger partial charge is 0.327 e. The Labute approximate surface area is 174 Å². The van der Waals surface area contributed by atoms with Gasteiger partial charge in [0.1, 0.15) is 0 Å². The summed E-state index contributed by atoms with van der Waals surface area (Å²) in [6, 6.07) is 10.0. The highest BCUT2D eigenvalue weighted by Crippen LogP contribution is 2.50. The summed E-state index contributed by atoms with van der Waals surface area (Å²) in [7, 11) is -2.42. The lowest BCUT2D eigenvalue weighted by atomic mass is 9.65. The zero-order valence-corrected chi connectivity index (χ0v) is 20.2. The van der Waals surface area contributed by atoms with Crippen molar-refractivity contribution in [1.29, 1.82) is 0 Å². The van der Waals surface area contributed by atoms with Crippen molar-refractivity contribution in [2.75, 3.05) is 0 Å². The van der Waals surface area contributed by atoms with Crippen LogP contribution in [0.25, 0.3) is 0 Å². The fourth-order valence-electron chi connectivity index (χ4n) is 4.03. The van der Waals surface area contributed by atoms with Crippen molar-refractivity contribution in [2.24, 2.45) is 28.6 Å². The van der Waals surface area contributed by atoms with E-state index in [1.165, 1.54) is 19.3 Å². The van der Waals surface area contributed by atoms with Gasteiger partial charge in [-0.3, -0.25) is 0 Å². The Morgan fingerprint density at radius 1 is 0.893 bits per heavy atom. The van der Waals surface area contributed by atoms with Crippen LogP contribution in [0.4, 0.5) is 0 Å². The molecule has 3 unspecified atom stereocenters.